The average Bonchev–Trinajstić information content (AvgIpc) is 2.95. The Balaban J connectivity index is 1.75. The summed E-state index contributed by atoms with van der Waals surface area (Å²) in [4.78, 5) is 33.7. The predicted molar refractivity (Wildman–Crippen MR) is 103 cm³/mol. The molecular formula is C22H25N3O2. The third-order valence-electron chi connectivity index (χ3n) is 5.93. The van der Waals surface area contributed by atoms with E-state index in [-0.39, 0.29) is 29.8 Å². The molecule has 2 aromatic rings. The standard InChI is InChI=1S/C22H25N3O2/c1-16(26)25-15-19(17-7-3-2-4-8-17)21-20(25)9-5-6-14-24(21)22(27)18-10-12-23-13-11-18/h2-4,7-8,10-13,19-21H,5-6,9,14-15H2,1H3/t19-,20-,21-/m0/s1. The molecule has 2 aliphatic heterocycles. The number of benzene rings is 1. The lowest BCUT2D eigenvalue weighted by Gasteiger charge is -2.35. The molecule has 0 N–H and O–H groups in total. The van der Waals surface area contributed by atoms with Gasteiger partial charge in [0.2, 0.25) is 5.91 Å². The van der Waals surface area contributed by atoms with Crippen LogP contribution in [0.4, 0.5) is 0 Å². The molecule has 2 amide bonds. The molecular weight excluding hydrogens is 338 g/mol. The van der Waals surface area contributed by atoms with Gasteiger partial charge in [0, 0.05) is 43.9 Å². The summed E-state index contributed by atoms with van der Waals surface area (Å²) in [6.45, 7) is 3.05. The first-order chi connectivity index (χ1) is 13.2. The number of carbonyl (C=O) groups is 2. The number of hydrogen-bond donors (Lipinski definition) is 0. The predicted octanol–water partition coefficient (Wildman–Crippen LogP) is 3.09. The van der Waals surface area contributed by atoms with E-state index in [1.54, 1.807) is 31.5 Å². The zero-order valence-corrected chi connectivity index (χ0v) is 15.6. The SMILES string of the molecule is CC(=O)N1C[C@@H](c2ccccc2)[C@H]2[C@@H]1CCCCN2C(=O)c1ccncc1. The van der Waals surface area contributed by atoms with Gasteiger partial charge >= 0.3 is 0 Å². The van der Waals surface area contributed by atoms with Gasteiger partial charge < -0.3 is 9.80 Å². The van der Waals surface area contributed by atoms with Crippen molar-refractivity contribution in [1.82, 2.24) is 14.8 Å². The number of hydrogen-bond acceptors (Lipinski definition) is 3. The zero-order valence-electron chi connectivity index (χ0n) is 15.6. The highest BCUT2D eigenvalue weighted by Crippen LogP contribution is 2.40. The van der Waals surface area contributed by atoms with Crippen LogP contribution in [0.2, 0.25) is 0 Å². The fourth-order valence-electron chi connectivity index (χ4n) is 4.71. The molecule has 0 radical (unpaired) electrons. The smallest absolute Gasteiger partial charge is 0.254 e. The highest BCUT2D eigenvalue weighted by Gasteiger charge is 2.48. The van der Waals surface area contributed by atoms with Gasteiger partial charge in [-0.1, -0.05) is 30.3 Å². The van der Waals surface area contributed by atoms with Crippen LogP contribution in [0.15, 0.2) is 54.9 Å². The highest BCUT2D eigenvalue weighted by molar-refractivity contribution is 5.94. The van der Waals surface area contributed by atoms with Crippen LogP contribution in [-0.4, -0.2) is 51.8 Å². The van der Waals surface area contributed by atoms with Gasteiger partial charge in [-0.05, 0) is 37.0 Å². The molecule has 5 heteroatoms. The summed E-state index contributed by atoms with van der Waals surface area (Å²) in [6.07, 6.45) is 6.28. The van der Waals surface area contributed by atoms with Crippen molar-refractivity contribution < 1.29 is 9.59 Å². The molecule has 3 atom stereocenters. The first kappa shape index (κ1) is 17.7. The number of aromatic nitrogens is 1. The number of likely N-dealkylation sites (tertiary alicyclic amines) is 2. The highest BCUT2D eigenvalue weighted by atomic mass is 16.2. The summed E-state index contributed by atoms with van der Waals surface area (Å²) in [5.41, 5.74) is 1.87. The molecule has 0 saturated carbocycles. The van der Waals surface area contributed by atoms with E-state index in [1.807, 2.05) is 28.0 Å². The van der Waals surface area contributed by atoms with Gasteiger partial charge in [-0.15, -0.1) is 0 Å². The number of amides is 2. The van der Waals surface area contributed by atoms with Crippen LogP contribution in [0.1, 0.15) is 48.0 Å². The molecule has 1 aromatic carbocycles. The number of carbonyl (C=O) groups excluding carboxylic acids is 2. The fourth-order valence-corrected chi connectivity index (χ4v) is 4.71. The summed E-state index contributed by atoms with van der Waals surface area (Å²) in [6, 6.07) is 14.0. The summed E-state index contributed by atoms with van der Waals surface area (Å²) in [5, 5.41) is 0. The van der Waals surface area contributed by atoms with Crippen LogP contribution in [0.25, 0.3) is 0 Å². The molecule has 140 valence electrons. The first-order valence-corrected chi connectivity index (χ1v) is 9.70. The van der Waals surface area contributed by atoms with Crippen molar-refractivity contribution in [3.05, 3.63) is 66.0 Å². The Bertz CT molecular complexity index is 809. The van der Waals surface area contributed by atoms with E-state index < -0.39 is 0 Å². The number of rotatable bonds is 2. The van der Waals surface area contributed by atoms with Crippen LogP contribution in [0, 0.1) is 0 Å². The Morgan fingerprint density at radius 2 is 1.74 bits per heavy atom. The molecule has 2 saturated heterocycles. The normalized spacial score (nSPS) is 25.0. The summed E-state index contributed by atoms with van der Waals surface area (Å²) < 4.78 is 0. The molecule has 2 fully saturated rings. The zero-order chi connectivity index (χ0) is 18.8. The second kappa shape index (κ2) is 7.51. The molecule has 0 bridgehead atoms. The minimum atomic E-state index is 0.0134. The molecule has 4 rings (SSSR count). The quantitative estimate of drug-likeness (QED) is 0.824. The van der Waals surface area contributed by atoms with Crippen molar-refractivity contribution >= 4 is 11.8 Å². The Morgan fingerprint density at radius 3 is 2.44 bits per heavy atom. The van der Waals surface area contributed by atoms with Crippen LogP contribution in [0.5, 0.6) is 0 Å². The minimum absolute atomic E-state index is 0.0134. The molecule has 1 aromatic heterocycles. The van der Waals surface area contributed by atoms with Crippen molar-refractivity contribution in [2.75, 3.05) is 13.1 Å². The minimum Gasteiger partial charge on any atom is -0.337 e. The van der Waals surface area contributed by atoms with Gasteiger partial charge in [-0.25, -0.2) is 0 Å². The van der Waals surface area contributed by atoms with E-state index in [2.05, 4.69) is 17.1 Å². The molecule has 0 unspecified atom stereocenters. The lowest BCUT2D eigenvalue weighted by atomic mass is 9.89. The summed E-state index contributed by atoms with van der Waals surface area (Å²) in [5.74, 6) is 0.284. The third-order valence-corrected chi connectivity index (χ3v) is 5.93. The van der Waals surface area contributed by atoms with Gasteiger partial charge in [0.15, 0.2) is 0 Å². The Labute approximate surface area is 160 Å². The Kier molecular flexibility index (Phi) is 4.92. The second-order valence-corrected chi connectivity index (χ2v) is 7.48. The van der Waals surface area contributed by atoms with Crippen LogP contribution >= 0.6 is 0 Å². The Hall–Kier alpha value is -2.69. The van der Waals surface area contributed by atoms with Crippen molar-refractivity contribution in [2.45, 2.75) is 44.2 Å². The molecule has 3 heterocycles. The van der Waals surface area contributed by atoms with Crippen LogP contribution in [0.3, 0.4) is 0 Å². The second-order valence-electron chi connectivity index (χ2n) is 7.48. The van der Waals surface area contributed by atoms with Crippen molar-refractivity contribution in [1.29, 1.82) is 0 Å². The largest absolute Gasteiger partial charge is 0.337 e. The summed E-state index contributed by atoms with van der Waals surface area (Å²) in [7, 11) is 0. The number of pyridine rings is 1. The molecule has 2 aliphatic rings. The lowest BCUT2D eigenvalue weighted by molar-refractivity contribution is -0.130. The first-order valence-electron chi connectivity index (χ1n) is 9.70. The average molecular weight is 363 g/mol. The van der Waals surface area contributed by atoms with E-state index in [1.165, 1.54) is 5.56 Å². The number of nitrogens with zero attached hydrogens (tertiary/aromatic N) is 3. The maximum Gasteiger partial charge on any atom is 0.254 e. The monoisotopic (exact) mass is 363 g/mol. The lowest BCUT2D eigenvalue weighted by Crippen LogP contribution is -2.49. The molecule has 0 aliphatic carbocycles. The fraction of sp³-hybridized carbons (Fsp3) is 0.409. The summed E-state index contributed by atoms with van der Waals surface area (Å²) >= 11 is 0. The van der Waals surface area contributed by atoms with Crippen LogP contribution in [-0.2, 0) is 4.79 Å². The van der Waals surface area contributed by atoms with Gasteiger partial charge in [-0.2, -0.15) is 0 Å². The maximum atomic E-state index is 13.3. The maximum absolute atomic E-state index is 13.3. The van der Waals surface area contributed by atoms with Gasteiger partial charge in [0.1, 0.15) is 0 Å². The van der Waals surface area contributed by atoms with E-state index in [0.29, 0.717) is 12.1 Å². The topological polar surface area (TPSA) is 53.5 Å². The van der Waals surface area contributed by atoms with Gasteiger partial charge in [-0.3, -0.25) is 14.6 Å². The van der Waals surface area contributed by atoms with Crippen molar-refractivity contribution in [2.24, 2.45) is 0 Å². The van der Waals surface area contributed by atoms with Crippen molar-refractivity contribution in [3.63, 3.8) is 0 Å². The number of fused-ring (bicyclic) bond motifs is 1. The molecule has 5 nitrogen and oxygen atoms in total. The molecule has 27 heavy (non-hydrogen) atoms. The van der Waals surface area contributed by atoms with E-state index in [4.69, 9.17) is 0 Å². The third kappa shape index (κ3) is 3.34. The van der Waals surface area contributed by atoms with E-state index in [0.717, 1.165) is 25.8 Å². The Morgan fingerprint density at radius 1 is 1.00 bits per heavy atom. The van der Waals surface area contributed by atoms with Gasteiger partial charge in [0.05, 0.1) is 12.1 Å². The van der Waals surface area contributed by atoms with Crippen LogP contribution < -0.4 is 0 Å². The van der Waals surface area contributed by atoms with E-state index in [9.17, 15) is 9.59 Å². The van der Waals surface area contributed by atoms with Crippen molar-refractivity contribution in [3.8, 4) is 0 Å². The molecule has 0 spiro atoms. The van der Waals surface area contributed by atoms with E-state index >= 15 is 0 Å². The van der Waals surface area contributed by atoms with Gasteiger partial charge in [0.25, 0.3) is 5.91 Å².